The lowest BCUT2D eigenvalue weighted by Gasteiger charge is -2.07. The number of aromatic carboxylic acids is 1. The molecule has 0 spiro atoms. The lowest BCUT2D eigenvalue weighted by Crippen LogP contribution is -2.04. The average molecular weight is 248 g/mol. The van der Waals surface area contributed by atoms with E-state index in [2.05, 4.69) is 10.1 Å². The van der Waals surface area contributed by atoms with Crippen molar-refractivity contribution in [2.75, 3.05) is 0 Å². The summed E-state index contributed by atoms with van der Waals surface area (Å²) in [6.07, 6.45) is 0. The van der Waals surface area contributed by atoms with Crippen molar-refractivity contribution in [1.29, 1.82) is 0 Å². The second-order valence-electron chi connectivity index (χ2n) is 3.82. The number of aromatic nitrogens is 2. The normalized spacial score (nSPS) is 10.3. The maximum Gasteiger partial charge on any atom is 0.339 e. The molecule has 1 N–H and O–H groups in total. The zero-order valence-corrected chi connectivity index (χ0v) is 10.0. The van der Waals surface area contributed by atoms with Gasteiger partial charge in [-0.25, -0.2) is 4.79 Å². The molecular weight excluding hydrogens is 236 g/mol. The molecule has 0 aliphatic carbocycles. The molecule has 6 heteroatoms. The molecule has 0 saturated heterocycles. The fourth-order valence-corrected chi connectivity index (χ4v) is 1.47. The Balaban J connectivity index is 2.17. The fourth-order valence-electron chi connectivity index (χ4n) is 1.47. The van der Waals surface area contributed by atoms with Crippen LogP contribution in [0.5, 0.6) is 5.75 Å². The minimum atomic E-state index is -1.03. The molecule has 94 valence electrons. The van der Waals surface area contributed by atoms with Crippen LogP contribution < -0.4 is 4.74 Å². The third-order valence-electron chi connectivity index (χ3n) is 2.29. The van der Waals surface area contributed by atoms with E-state index in [0.29, 0.717) is 17.5 Å². The molecule has 0 radical (unpaired) electrons. The minimum Gasteiger partial charge on any atom is -0.485 e. The Morgan fingerprint density at radius 2 is 2.22 bits per heavy atom. The fraction of sp³-hybridized carbons (Fsp3) is 0.250. The monoisotopic (exact) mass is 248 g/mol. The van der Waals surface area contributed by atoms with Crippen molar-refractivity contribution in [2.24, 2.45) is 0 Å². The number of carboxylic acid groups (broad SMARTS) is 1. The Hall–Kier alpha value is -2.37. The highest BCUT2D eigenvalue weighted by Gasteiger charge is 2.12. The molecular formula is C12H12N2O4. The van der Waals surface area contributed by atoms with Gasteiger partial charge in [-0.05, 0) is 24.6 Å². The van der Waals surface area contributed by atoms with E-state index in [1.165, 1.54) is 6.07 Å². The van der Waals surface area contributed by atoms with Gasteiger partial charge in [0, 0.05) is 6.92 Å². The van der Waals surface area contributed by atoms with Gasteiger partial charge in [-0.2, -0.15) is 4.98 Å². The van der Waals surface area contributed by atoms with Crippen molar-refractivity contribution in [3.63, 3.8) is 0 Å². The van der Waals surface area contributed by atoms with Gasteiger partial charge in [0.2, 0.25) is 11.7 Å². The summed E-state index contributed by atoms with van der Waals surface area (Å²) in [6, 6.07) is 4.89. The van der Waals surface area contributed by atoms with Crippen LogP contribution in [0.2, 0.25) is 0 Å². The Morgan fingerprint density at radius 1 is 1.44 bits per heavy atom. The van der Waals surface area contributed by atoms with Crippen LogP contribution in [0.15, 0.2) is 22.7 Å². The maximum atomic E-state index is 11.0. The SMILES string of the molecule is Cc1ccc(C(=O)O)c(OCc2noc(C)n2)c1. The summed E-state index contributed by atoms with van der Waals surface area (Å²) in [5.41, 5.74) is 1.03. The Morgan fingerprint density at radius 3 is 2.83 bits per heavy atom. The van der Waals surface area contributed by atoms with Gasteiger partial charge in [-0.1, -0.05) is 11.2 Å². The van der Waals surface area contributed by atoms with Gasteiger partial charge in [0.1, 0.15) is 11.3 Å². The van der Waals surface area contributed by atoms with Crippen molar-refractivity contribution in [1.82, 2.24) is 10.1 Å². The summed E-state index contributed by atoms with van der Waals surface area (Å²) >= 11 is 0. The number of benzene rings is 1. The van der Waals surface area contributed by atoms with E-state index < -0.39 is 5.97 Å². The first-order chi connectivity index (χ1) is 8.56. The average Bonchev–Trinajstić information content (AvgIpc) is 2.72. The number of ether oxygens (including phenoxy) is 1. The van der Waals surface area contributed by atoms with Crippen molar-refractivity contribution >= 4 is 5.97 Å². The predicted molar refractivity (Wildman–Crippen MR) is 61.5 cm³/mol. The number of rotatable bonds is 4. The number of hydrogen-bond acceptors (Lipinski definition) is 5. The van der Waals surface area contributed by atoms with Crippen LogP contribution in [0.1, 0.15) is 27.6 Å². The van der Waals surface area contributed by atoms with E-state index >= 15 is 0 Å². The predicted octanol–water partition coefficient (Wildman–Crippen LogP) is 1.96. The van der Waals surface area contributed by atoms with Gasteiger partial charge < -0.3 is 14.4 Å². The van der Waals surface area contributed by atoms with E-state index in [1.54, 1.807) is 19.1 Å². The quantitative estimate of drug-likeness (QED) is 0.890. The van der Waals surface area contributed by atoms with Crippen LogP contribution in [0.4, 0.5) is 0 Å². The van der Waals surface area contributed by atoms with Crippen molar-refractivity contribution in [3.8, 4) is 5.75 Å². The first-order valence-electron chi connectivity index (χ1n) is 5.32. The number of hydrogen-bond donors (Lipinski definition) is 1. The summed E-state index contributed by atoms with van der Waals surface area (Å²) in [5.74, 6) is 0.0842. The smallest absolute Gasteiger partial charge is 0.339 e. The minimum absolute atomic E-state index is 0.0705. The summed E-state index contributed by atoms with van der Waals surface area (Å²) in [4.78, 5) is 15.0. The van der Waals surface area contributed by atoms with Gasteiger partial charge in [-0.15, -0.1) is 0 Å². The van der Waals surface area contributed by atoms with Crippen molar-refractivity contribution in [3.05, 3.63) is 41.0 Å². The summed E-state index contributed by atoms with van der Waals surface area (Å²) in [5, 5.41) is 12.7. The molecule has 6 nitrogen and oxygen atoms in total. The molecule has 0 bridgehead atoms. The molecule has 18 heavy (non-hydrogen) atoms. The Labute approximate surface area is 103 Å². The molecule has 1 aromatic carbocycles. The molecule has 0 aliphatic rings. The van der Waals surface area contributed by atoms with Gasteiger partial charge in [0.25, 0.3) is 0 Å². The first-order valence-corrected chi connectivity index (χ1v) is 5.32. The van der Waals surface area contributed by atoms with Crippen LogP contribution in [0, 0.1) is 13.8 Å². The third kappa shape index (κ3) is 2.65. The lowest BCUT2D eigenvalue weighted by atomic mass is 10.1. The summed E-state index contributed by atoms with van der Waals surface area (Å²) in [6.45, 7) is 3.60. The van der Waals surface area contributed by atoms with E-state index in [1.807, 2.05) is 6.92 Å². The highest BCUT2D eigenvalue weighted by atomic mass is 16.5. The first kappa shape index (κ1) is 12.1. The largest absolute Gasteiger partial charge is 0.485 e. The molecule has 1 aromatic heterocycles. The molecule has 0 amide bonds. The second-order valence-corrected chi connectivity index (χ2v) is 3.82. The Bertz CT molecular complexity index is 577. The number of nitrogens with zero attached hydrogens (tertiary/aromatic N) is 2. The van der Waals surface area contributed by atoms with Crippen LogP contribution >= 0.6 is 0 Å². The van der Waals surface area contributed by atoms with Crippen LogP contribution in [-0.2, 0) is 6.61 Å². The number of aryl methyl sites for hydroxylation is 2. The number of carbonyl (C=O) groups is 1. The maximum absolute atomic E-state index is 11.0. The molecule has 0 atom stereocenters. The molecule has 0 unspecified atom stereocenters. The molecule has 0 saturated carbocycles. The van der Waals surface area contributed by atoms with Crippen molar-refractivity contribution in [2.45, 2.75) is 20.5 Å². The van der Waals surface area contributed by atoms with Gasteiger partial charge in [-0.3, -0.25) is 0 Å². The molecule has 1 heterocycles. The zero-order valence-electron chi connectivity index (χ0n) is 10.0. The van der Waals surface area contributed by atoms with E-state index in [0.717, 1.165) is 5.56 Å². The number of carboxylic acids is 1. The highest BCUT2D eigenvalue weighted by Crippen LogP contribution is 2.21. The highest BCUT2D eigenvalue weighted by molar-refractivity contribution is 5.90. The standard InChI is InChI=1S/C12H12N2O4/c1-7-3-4-9(12(15)16)10(5-7)17-6-11-13-8(2)18-14-11/h3-5H,6H2,1-2H3,(H,15,16). The molecule has 2 rings (SSSR count). The van der Waals surface area contributed by atoms with Crippen molar-refractivity contribution < 1.29 is 19.2 Å². The zero-order chi connectivity index (χ0) is 13.1. The Kier molecular flexibility index (Phi) is 3.27. The van der Waals surface area contributed by atoms with Gasteiger partial charge in [0.05, 0.1) is 0 Å². The van der Waals surface area contributed by atoms with Crippen LogP contribution in [0.25, 0.3) is 0 Å². The summed E-state index contributed by atoms with van der Waals surface area (Å²) < 4.78 is 10.2. The van der Waals surface area contributed by atoms with E-state index in [-0.39, 0.29) is 12.2 Å². The van der Waals surface area contributed by atoms with Gasteiger partial charge >= 0.3 is 5.97 Å². The van der Waals surface area contributed by atoms with E-state index in [4.69, 9.17) is 14.4 Å². The topological polar surface area (TPSA) is 85.5 Å². The molecule has 2 aromatic rings. The lowest BCUT2D eigenvalue weighted by molar-refractivity contribution is 0.0691. The molecule has 0 fully saturated rings. The van der Waals surface area contributed by atoms with Crippen LogP contribution in [-0.4, -0.2) is 21.2 Å². The van der Waals surface area contributed by atoms with Gasteiger partial charge in [0.15, 0.2) is 6.61 Å². The third-order valence-corrected chi connectivity index (χ3v) is 2.29. The molecule has 0 aliphatic heterocycles. The van der Waals surface area contributed by atoms with Crippen LogP contribution in [0.3, 0.4) is 0 Å². The summed E-state index contributed by atoms with van der Waals surface area (Å²) in [7, 11) is 0. The second kappa shape index (κ2) is 4.87. The van der Waals surface area contributed by atoms with E-state index in [9.17, 15) is 4.79 Å².